The van der Waals surface area contributed by atoms with E-state index in [1.807, 2.05) is 19.1 Å². The van der Waals surface area contributed by atoms with E-state index in [1.165, 1.54) is 12.1 Å². The lowest BCUT2D eigenvalue weighted by Crippen LogP contribution is -2.19. The van der Waals surface area contributed by atoms with E-state index in [0.29, 0.717) is 12.1 Å². The van der Waals surface area contributed by atoms with Crippen LogP contribution in [0.15, 0.2) is 41.0 Å². The summed E-state index contributed by atoms with van der Waals surface area (Å²) in [6, 6.07) is 8.00. The molecule has 3 N–H and O–H groups in total. The van der Waals surface area contributed by atoms with Crippen molar-refractivity contribution in [3.05, 3.63) is 53.7 Å². The van der Waals surface area contributed by atoms with Crippen LogP contribution in [0.3, 0.4) is 0 Å². The van der Waals surface area contributed by atoms with Crippen LogP contribution in [0.5, 0.6) is 0 Å². The number of amides is 1. The summed E-state index contributed by atoms with van der Waals surface area (Å²) >= 11 is 0. The molecule has 0 bridgehead atoms. The van der Waals surface area contributed by atoms with Crippen molar-refractivity contribution < 1.29 is 13.6 Å². The van der Waals surface area contributed by atoms with Gasteiger partial charge in [-0.25, -0.2) is 4.39 Å². The molecule has 4 nitrogen and oxygen atoms in total. The Kier molecular flexibility index (Phi) is 3.85. The first-order chi connectivity index (χ1) is 9.06. The first-order valence-electron chi connectivity index (χ1n) is 5.94. The molecule has 0 aliphatic carbocycles. The van der Waals surface area contributed by atoms with Crippen LogP contribution in [0.25, 0.3) is 0 Å². The number of rotatable bonds is 5. The van der Waals surface area contributed by atoms with Gasteiger partial charge in [-0.05, 0) is 37.3 Å². The Morgan fingerprint density at radius 1 is 1.47 bits per heavy atom. The molecule has 1 amide bonds. The van der Waals surface area contributed by atoms with Crippen molar-refractivity contribution in [3.8, 4) is 0 Å². The van der Waals surface area contributed by atoms with E-state index in [1.54, 1.807) is 12.3 Å². The van der Waals surface area contributed by atoms with Gasteiger partial charge < -0.3 is 15.5 Å². The van der Waals surface area contributed by atoms with Gasteiger partial charge in [-0.1, -0.05) is 0 Å². The maximum Gasteiger partial charge on any atom is 0.251 e. The van der Waals surface area contributed by atoms with Gasteiger partial charge in [-0.3, -0.25) is 4.79 Å². The summed E-state index contributed by atoms with van der Waals surface area (Å²) < 4.78 is 18.6. The molecule has 0 radical (unpaired) electrons. The summed E-state index contributed by atoms with van der Waals surface area (Å²) in [5, 5.41) is 3.17. The van der Waals surface area contributed by atoms with Crippen molar-refractivity contribution in [2.75, 3.05) is 5.32 Å². The summed E-state index contributed by atoms with van der Waals surface area (Å²) in [7, 11) is 0. The van der Waals surface area contributed by atoms with Gasteiger partial charge in [0.25, 0.3) is 5.91 Å². The van der Waals surface area contributed by atoms with Crippen LogP contribution in [-0.4, -0.2) is 11.9 Å². The minimum atomic E-state index is -0.778. The summed E-state index contributed by atoms with van der Waals surface area (Å²) in [6.45, 7) is 1.97. The summed E-state index contributed by atoms with van der Waals surface area (Å²) in [5.74, 6) is -0.534. The Balaban J connectivity index is 2.06. The van der Waals surface area contributed by atoms with Gasteiger partial charge in [-0.15, -0.1) is 0 Å². The van der Waals surface area contributed by atoms with Crippen LogP contribution in [0.1, 0.15) is 23.0 Å². The van der Waals surface area contributed by atoms with E-state index in [0.717, 1.165) is 5.76 Å². The monoisotopic (exact) mass is 262 g/mol. The third-order valence-corrected chi connectivity index (χ3v) is 2.73. The lowest BCUT2D eigenvalue weighted by Gasteiger charge is -2.14. The minimum absolute atomic E-state index is 0.0809. The highest BCUT2D eigenvalue weighted by atomic mass is 19.1. The number of primary amides is 1. The van der Waals surface area contributed by atoms with E-state index in [-0.39, 0.29) is 11.6 Å². The Labute approximate surface area is 110 Å². The fourth-order valence-electron chi connectivity index (χ4n) is 1.87. The molecule has 0 saturated heterocycles. The number of carbonyl (C=O) groups is 1. The van der Waals surface area contributed by atoms with Crippen LogP contribution in [0.4, 0.5) is 10.1 Å². The smallest absolute Gasteiger partial charge is 0.251 e. The first kappa shape index (κ1) is 13.1. The largest absolute Gasteiger partial charge is 0.469 e. The highest BCUT2D eigenvalue weighted by Gasteiger charge is 2.11. The standard InChI is InChI=1S/C14H15FN2O2/c1-9(7-11-3-2-6-19-11)17-10-4-5-13(15)12(8-10)14(16)18/h2-6,8-9,17H,7H2,1H3,(H2,16,18). The van der Waals surface area contributed by atoms with E-state index in [4.69, 9.17) is 10.2 Å². The van der Waals surface area contributed by atoms with Gasteiger partial charge in [0.2, 0.25) is 0 Å². The zero-order valence-electron chi connectivity index (χ0n) is 10.5. The Morgan fingerprint density at radius 2 is 2.26 bits per heavy atom. The third-order valence-electron chi connectivity index (χ3n) is 2.73. The number of furan rings is 1. The van der Waals surface area contributed by atoms with Crippen LogP contribution >= 0.6 is 0 Å². The average molecular weight is 262 g/mol. The molecule has 0 aliphatic heterocycles. The Bertz CT molecular complexity index is 567. The molecule has 1 heterocycles. The maximum absolute atomic E-state index is 13.3. The SMILES string of the molecule is CC(Cc1ccco1)Nc1ccc(F)c(C(N)=O)c1. The molecule has 2 rings (SSSR count). The number of nitrogens with two attached hydrogens (primary N) is 1. The van der Waals surface area contributed by atoms with Crippen molar-refractivity contribution in [1.29, 1.82) is 0 Å². The zero-order chi connectivity index (χ0) is 13.8. The van der Waals surface area contributed by atoms with E-state index in [2.05, 4.69) is 5.32 Å². The van der Waals surface area contributed by atoms with E-state index in [9.17, 15) is 9.18 Å². The molecular weight excluding hydrogens is 247 g/mol. The highest BCUT2D eigenvalue weighted by Crippen LogP contribution is 2.16. The molecule has 1 atom stereocenters. The molecule has 0 spiro atoms. The van der Waals surface area contributed by atoms with Gasteiger partial charge in [0.1, 0.15) is 11.6 Å². The number of benzene rings is 1. The van der Waals surface area contributed by atoms with Crippen molar-refractivity contribution in [2.45, 2.75) is 19.4 Å². The number of halogens is 1. The molecule has 100 valence electrons. The second kappa shape index (κ2) is 5.56. The van der Waals surface area contributed by atoms with E-state index < -0.39 is 11.7 Å². The molecule has 19 heavy (non-hydrogen) atoms. The maximum atomic E-state index is 13.3. The van der Waals surface area contributed by atoms with Crippen molar-refractivity contribution in [2.24, 2.45) is 5.73 Å². The van der Waals surface area contributed by atoms with Gasteiger partial charge in [0.05, 0.1) is 11.8 Å². The molecule has 2 aromatic rings. The van der Waals surface area contributed by atoms with Gasteiger partial charge in [0, 0.05) is 18.2 Å². The lowest BCUT2D eigenvalue weighted by atomic mass is 10.1. The third kappa shape index (κ3) is 3.34. The zero-order valence-corrected chi connectivity index (χ0v) is 10.5. The van der Waals surface area contributed by atoms with Crippen LogP contribution in [0.2, 0.25) is 0 Å². The number of hydrogen-bond acceptors (Lipinski definition) is 3. The second-order valence-corrected chi connectivity index (χ2v) is 4.39. The Morgan fingerprint density at radius 3 is 2.89 bits per heavy atom. The van der Waals surface area contributed by atoms with Crippen molar-refractivity contribution in [3.63, 3.8) is 0 Å². The topological polar surface area (TPSA) is 68.3 Å². The predicted octanol–water partition coefficient (Wildman–Crippen LogP) is 2.56. The molecule has 0 saturated carbocycles. The van der Waals surface area contributed by atoms with Crippen LogP contribution in [0, 0.1) is 5.82 Å². The number of anilines is 1. The second-order valence-electron chi connectivity index (χ2n) is 4.39. The van der Waals surface area contributed by atoms with Crippen LogP contribution < -0.4 is 11.1 Å². The molecule has 0 fully saturated rings. The predicted molar refractivity (Wildman–Crippen MR) is 70.4 cm³/mol. The van der Waals surface area contributed by atoms with Crippen LogP contribution in [-0.2, 0) is 6.42 Å². The Hall–Kier alpha value is -2.30. The fraction of sp³-hybridized carbons (Fsp3) is 0.214. The summed E-state index contributed by atoms with van der Waals surface area (Å²) in [6.07, 6.45) is 2.31. The molecule has 1 unspecified atom stereocenters. The normalized spacial score (nSPS) is 12.1. The summed E-state index contributed by atoms with van der Waals surface area (Å²) in [4.78, 5) is 11.1. The lowest BCUT2D eigenvalue weighted by molar-refractivity contribution is 0.0996. The quantitative estimate of drug-likeness (QED) is 0.870. The molecule has 5 heteroatoms. The summed E-state index contributed by atoms with van der Waals surface area (Å²) in [5.41, 5.74) is 5.63. The number of carbonyl (C=O) groups excluding carboxylic acids is 1. The fourth-order valence-corrected chi connectivity index (χ4v) is 1.87. The molecular formula is C14H15FN2O2. The molecule has 1 aromatic carbocycles. The average Bonchev–Trinajstić information content (AvgIpc) is 2.84. The van der Waals surface area contributed by atoms with E-state index >= 15 is 0 Å². The number of nitrogens with one attached hydrogen (secondary N) is 1. The number of hydrogen-bond donors (Lipinski definition) is 2. The van der Waals surface area contributed by atoms with Gasteiger partial charge in [-0.2, -0.15) is 0 Å². The molecule has 0 aliphatic rings. The van der Waals surface area contributed by atoms with Gasteiger partial charge >= 0.3 is 0 Å². The minimum Gasteiger partial charge on any atom is -0.469 e. The molecule has 1 aromatic heterocycles. The van der Waals surface area contributed by atoms with Crippen molar-refractivity contribution in [1.82, 2.24) is 0 Å². The first-order valence-corrected chi connectivity index (χ1v) is 5.94. The van der Waals surface area contributed by atoms with Crippen molar-refractivity contribution >= 4 is 11.6 Å². The highest BCUT2D eigenvalue weighted by molar-refractivity contribution is 5.94. The van der Waals surface area contributed by atoms with Gasteiger partial charge in [0.15, 0.2) is 0 Å².